The summed E-state index contributed by atoms with van der Waals surface area (Å²) in [5.41, 5.74) is 16.2. The Hall–Kier alpha value is -5.22. The molecule has 0 fully saturated rings. The molecule has 58 heavy (non-hydrogen) atoms. The van der Waals surface area contributed by atoms with E-state index in [0.29, 0.717) is 0 Å². The second-order valence-electron chi connectivity index (χ2n) is 19.0. The molecule has 4 aromatic rings. The van der Waals surface area contributed by atoms with Gasteiger partial charge in [0, 0.05) is 82.1 Å². The lowest BCUT2D eigenvalue weighted by molar-refractivity contribution is -0.401. The molecule has 4 aliphatic heterocycles. The van der Waals surface area contributed by atoms with Gasteiger partial charge in [-0.25, -0.2) is 0 Å². The lowest BCUT2D eigenvalue weighted by atomic mass is 9.81. The predicted octanol–water partition coefficient (Wildman–Crippen LogP) is 12.4. The summed E-state index contributed by atoms with van der Waals surface area (Å²) in [7, 11) is 4.41. The molecule has 0 N–H and O–H groups in total. The van der Waals surface area contributed by atoms with Gasteiger partial charge in [-0.15, -0.1) is 0 Å². The normalized spacial score (nSPS) is 20.9. The highest BCUT2D eigenvalue weighted by atomic mass is 15.2. The molecule has 0 unspecified atom stereocenters. The first-order chi connectivity index (χ1) is 27.7. The van der Waals surface area contributed by atoms with Crippen LogP contribution >= 0.6 is 0 Å². The summed E-state index contributed by atoms with van der Waals surface area (Å²) in [6.07, 6.45) is 18.8. The molecule has 4 aromatic carbocycles. The standard InChI is InChI=1S/C54H64N4/c1-51(2)39-25-13-17-29-43(39)55(9)47(51)33-23-35-49-53(5,6)41-27-15-19-31-45(41)57(49)37-21-11-12-22-38-58-46-32-20-16-28-42(46)54(7,8)50(58)36-24-34-48-52(3,4)40-26-14-18-30-44(40)56(48)10/h13-20,23-36H,11-12,21-22,37-38H2,1-10H3/q+2. The third-order valence-corrected chi connectivity index (χ3v) is 14.0. The van der Waals surface area contributed by atoms with Gasteiger partial charge >= 0.3 is 0 Å². The van der Waals surface area contributed by atoms with Crippen LogP contribution in [0.2, 0.25) is 0 Å². The van der Waals surface area contributed by atoms with Crippen molar-refractivity contribution < 1.29 is 9.15 Å². The fraction of sp³-hybridized carbons (Fsp3) is 0.370. The molecule has 298 valence electrons. The molecule has 4 heterocycles. The SMILES string of the molecule is C[N+]1=C(/C=C/C=C2/N(CCCCCCN3/C(=C/C=C/C4=[N+](C)c5ccccc5C4(C)C)C(C)(C)c4ccccc43)c3ccccc3C2(C)C)C(C)(C)c2ccccc21. The molecular formula is C54H64N4+2. The number of unbranched alkanes of at least 4 members (excludes halogenated alkanes) is 3. The first-order valence-corrected chi connectivity index (χ1v) is 21.6. The van der Waals surface area contributed by atoms with E-state index in [9.17, 15) is 0 Å². The molecule has 0 aliphatic carbocycles. The average molecular weight is 769 g/mol. The Morgan fingerprint density at radius 3 is 1.16 bits per heavy atom. The van der Waals surface area contributed by atoms with E-state index >= 15 is 0 Å². The van der Waals surface area contributed by atoms with Crippen molar-refractivity contribution in [3.05, 3.63) is 167 Å². The number of hydrogen-bond acceptors (Lipinski definition) is 2. The van der Waals surface area contributed by atoms with E-state index in [-0.39, 0.29) is 21.7 Å². The molecule has 0 aromatic heterocycles. The van der Waals surface area contributed by atoms with Crippen LogP contribution in [0.1, 0.15) is 103 Å². The van der Waals surface area contributed by atoms with Crippen LogP contribution in [0, 0.1) is 0 Å². The van der Waals surface area contributed by atoms with Crippen molar-refractivity contribution in [2.45, 2.75) is 103 Å². The number of hydrogen-bond donors (Lipinski definition) is 0. The first-order valence-electron chi connectivity index (χ1n) is 21.6. The summed E-state index contributed by atoms with van der Waals surface area (Å²) in [6.45, 7) is 21.0. The van der Waals surface area contributed by atoms with Crippen molar-refractivity contribution in [1.29, 1.82) is 0 Å². The highest BCUT2D eigenvalue weighted by Crippen LogP contribution is 2.49. The Kier molecular flexibility index (Phi) is 10.1. The second-order valence-corrected chi connectivity index (χ2v) is 19.0. The van der Waals surface area contributed by atoms with E-state index in [2.05, 4.69) is 222 Å². The topological polar surface area (TPSA) is 12.5 Å². The number of benzene rings is 4. The minimum atomic E-state index is -0.0653. The highest BCUT2D eigenvalue weighted by molar-refractivity contribution is 6.04. The van der Waals surface area contributed by atoms with Gasteiger partial charge < -0.3 is 9.80 Å². The van der Waals surface area contributed by atoms with Crippen LogP contribution in [-0.2, 0) is 21.7 Å². The zero-order valence-corrected chi connectivity index (χ0v) is 36.7. The van der Waals surface area contributed by atoms with Gasteiger partial charge in [-0.05, 0) is 75.9 Å². The minimum absolute atomic E-state index is 0.0373. The fourth-order valence-corrected chi connectivity index (χ4v) is 10.7. The maximum Gasteiger partial charge on any atom is 0.209 e. The summed E-state index contributed by atoms with van der Waals surface area (Å²) in [6, 6.07) is 35.7. The maximum atomic E-state index is 2.61. The zero-order chi connectivity index (χ0) is 41.0. The maximum absolute atomic E-state index is 2.61. The minimum Gasteiger partial charge on any atom is -0.344 e. The van der Waals surface area contributed by atoms with E-state index in [1.165, 1.54) is 80.7 Å². The molecule has 0 spiro atoms. The number of allylic oxidation sites excluding steroid dienone is 8. The van der Waals surface area contributed by atoms with Crippen molar-refractivity contribution in [2.75, 3.05) is 37.0 Å². The Morgan fingerprint density at radius 2 is 0.776 bits per heavy atom. The average Bonchev–Trinajstić information content (AvgIpc) is 3.72. The predicted molar refractivity (Wildman–Crippen MR) is 247 cm³/mol. The van der Waals surface area contributed by atoms with Crippen molar-refractivity contribution in [2.24, 2.45) is 0 Å². The molecule has 0 amide bonds. The molecule has 8 rings (SSSR count). The van der Waals surface area contributed by atoms with Crippen LogP contribution < -0.4 is 9.80 Å². The van der Waals surface area contributed by atoms with E-state index in [0.717, 1.165) is 25.9 Å². The van der Waals surface area contributed by atoms with E-state index in [1.807, 2.05) is 0 Å². The van der Waals surface area contributed by atoms with Gasteiger partial charge in [0.05, 0.1) is 10.8 Å². The van der Waals surface area contributed by atoms with E-state index in [1.54, 1.807) is 0 Å². The van der Waals surface area contributed by atoms with Crippen LogP contribution in [0.25, 0.3) is 0 Å². The van der Waals surface area contributed by atoms with Crippen LogP contribution in [0.4, 0.5) is 22.7 Å². The third-order valence-electron chi connectivity index (χ3n) is 14.0. The number of nitrogens with zero attached hydrogens (tertiary/aromatic N) is 4. The zero-order valence-electron chi connectivity index (χ0n) is 36.7. The monoisotopic (exact) mass is 769 g/mol. The summed E-state index contributed by atoms with van der Waals surface area (Å²) in [4.78, 5) is 5.21. The van der Waals surface area contributed by atoms with Crippen molar-refractivity contribution >= 4 is 34.2 Å². The first kappa shape index (κ1) is 39.6. The number of anilines is 2. The highest BCUT2D eigenvalue weighted by Gasteiger charge is 2.45. The molecule has 0 radical (unpaired) electrons. The smallest absolute Gasteiger partial charge is 0.209 e. The number of rotatable bonds is 11. The van der Waals surface area contributed by atoms with Gasteiger partial charge in [0.25, 0.3) is 0 Å². The number of fused-ring (bicyclic) bond motifs is 4. The van der Waals surface area contributed by atoms with Crippen molar-refractivity contribution in [3.63, 3.8) is 0 Å². The molecule has 0 bridgehead atoms. The molecule has 0 atom stereocenters. The lowest BCUT2D eigenvalue weighted by Crippen LogP contribution is -2.28. The Morgan fingerprint density at radius 1 is 0.431 bits per heavy atom. The molecule has 0 saturated carbocycles. The van der Waals surface area contributed by atoms with Gasteiger partial charge in [-0.1, -0.05) is 125 Å². The Balaban J connectivity index is 0.952. The summed E-state index contributed by atoms with van der Waals surface area (Å²) in [5.74, 6) is 0. The molecular weight excluding hydrogens is 705 g/mol. The number of para-hydroxylation sites is 4. The van der Waals surface area contributed by atoms with E-state index < -0.39 is 0 Å². The fourth-order valence-electron chi connectivity index (χ4n) is 10.7. The third kappa shape index (κ3) is 6.44. The van der Waals surface area contributed by atoms with Gasteiger partial charge in [-0.3, -0.25) is 0 Å². The Bertz CT molecular complexity index is 2270. The second kappa shape index (κ2) is 14.9. The van der Waals surface area contributed by atoms with Gasteiger partial charge in [0.2, 0.25) is 11.4 Å². The van der Waals surface area contributed by atoms with Gasteiger partial charge in [0.15, 0.2) is 11.4 Å². The molecule has 4 heteroatoms. The quantitative estimate of drug-likeness (QED) is 0.111. The summed E-state index contributed by atoms with van der Waals surface area (Å²) in [5, 5.41) is 0. The van der Waals surface area contributed by atoms with Crippen LogP contribution in [0.15, 0.2) is 145 Å². The molecule has 4 aliphatic rings. The van der Waals surface area contributed by atoms with Crippen LogP contribution in [0.5, 0.6) is 0 Å². The van der Waals surface area contributed by atoms with Crippen LogP contribution in [-0.4, -0.2) is 47.8 Å². The Labute approximate surface area is 348 Å². The summed E-state index contributed by atoms with van der Waals surface area (Å²) >= 11 is 0. The summed E-state index contributed by atoms with van der Waals surface area (Å²) < 4.78 is 4.73. The molecule has 0 saturated heterocycles. The lowest BCUT2D eigenvalue weighted by Gasteiger charge is -2.28. The van der Waals surface area contributed by atoms with Crippen LogP contribution in [0.3, 0.4) is 0 Å². The van der Waals surface area contributed by atoms with Gasteiger partial charge in [-0.2, -0.15) is 9.15 Å². The molecule has 4 nitrogen and oxygen atoms in total. The van der Waals surface area contributed by atoms with Crippen molar-refractivity contribution in [3.8, 4) is 0 Å². The largest absolute Gasteiger partial charge is 0.344 e. The van der Waals surface area contributed by atoms with Gasteiger partial charge in [0.1, 0.15) is 14.1 Å². The van der Waals surface area contributed by atoms with Crippen molar-refractivity contribution in [1.82, 2.24) is 0 Å². The van der Waals surface area contributed by atoms with E-state index in [4.69, 9.17) is 0 Å².